The summed E-state index contributed by atoms with van der Waals surface area (Å²) in [5, 5.41) is 0. The summed E-state index contributed by atoms with van der Waals surface area (Å²) < 4.78 is 0. The van der Waals surface area contributed by atoms with Crippen molar-refractivity contribution in [1.29, 1.82) is 0 Å². The summed E-state index contributed by atoms with van der Waals surface area (Å²) in [6, 6.07) is 0. The quantitative estimate of drug-likeness (QED) is 0.479. The van der Waals surface area contributed by atoms with Gasteiger partial charge in [-0.2, -0.15) is 0 Å². The molecular formula is C12H20. The highest BCUT2D eigenvalue weighted by molar-refractivity contribution is 5.44. The lowest BCUT2D eigenvalue weighted by Gasteiger charge is -2.17. The molecule has 2 rings (SSSR count). The summed E-state index contributed by atoms with van der Waals surface area (Å²) >= 11 is 0. The van der Waals surface area contributed by atoms with Crippen LogP contribution in [0.4, 0.5) is 0 Å². The van der Waals surface area contributed by atoms with E-state index in [-0.39, 0.29) is 0 Å². The van der Waals surface area contributed by atoms with E-state index >= 15 is 0 Å². The van der Waals surface area contributed by atoms with Crippen molar-refractivity contribution in [3.8, 4) is 0 Å². The third-order valence-corrected chi connectivity index (χ3v) is 5.72. The second-order valence-electron chi connectivity index (χ2n) is 5.24. The van der Waals surface area contributed by atoms with Gasteiger partial charge in [0.1, 0.15) is 0 Å². The van der Waals surface area contributed by atoms with Crippen LogP contribution in [0.2, 0.25) is 0 Å². The first kappa shape index (κ1) is 8.34. The van der Waals surface area contributed by atoms with Crippen LogP contribution in [-0.2, 0) is 0 Å². The first-order valence-electron chi connectivity index (χ1n) is 5.06. The molecule has 0 heterocycles. The maximum atomic E-state index is 2.46. The Hall–Kier alpha value is -0.260. The molecule has 12 heavy (non-hydrogen) atoms. The Labute approximate surface area is 76.1 Å². The second-order valence-corrected chi connectivity index (χ2v) is 5.24. The molecule has 0 spiro atoms. The van der Waals surface area contributed by atoms with Gasteiger partial charge in [-0.15, -0.1) is 0 Å². The highest BCUT2D eigenvalue weighted by Gasteiger charge is 2.74. The molecule has 0 amide bonds. The van der Waals surface area contributed by atoms with Crippen molar-refractivity contribution >= 4 is 0 Å². The summed E-state index contributed by atoms with van der Waals surface area (Å²) in [6.07, 6.45) is 0. The zero-order valence-electron chi connectivity index (χ0n) is 9.15. The molecule has 0 saturated heterocycles. The maximum absolute atomic E-state index is 2.46. The van der Waals surface area contributed by atoms with Gasteiger partial charge >= 0.3 is 0 Å². The SMILES string of the molecule is CC1=C(C)[C@@]2(C)[C@@H](C)[C@]2(C)[C@H]1C. The smallest absolute Gasteiger partial charge is 0.00229 e. The van der Waals surface area contributed by atoms with Crippen LogP contribution in [0.3, 0.4) is 0 Å². The number of hydrogen-bond acceptors (Lipinski definition) is 0. The molecule has 0 aliphatic heterocycles. The molecule has 1 fully saturated rings. The zero-order valence-corrected chi connectivity index (χ0v) is 9.15. The molecule has 0 N–H and O–H groups in total. The van der Waals surface area contributed by atoms with Crippen LogP contribution in [0.15, 0.2) is 11.1 Å². The Kier molecular flexibility index (Phi) is 1.26. The van der Waals surface area contributed by atoms with E-state index in [4.69, 9.17) is 0 Å². The number of rotatable bonds is 0. The summed E-state index contributed by atoms with van der Waals surface area (Å²) in [4.78, 5) is 0. The van der Waals surface area contributed by atoms with Gasteiger partial charge in [0.2, 0.25) is 0 Å². The minimum absolute atomic E-state index is 0.538. The molecule has 1 saturated carbocycles. The Morgan fingerprint density at radius 3 is 1.83 bits per heavy atom. The third-order valence-electron chi connectivity index (χ3n) is 5.72. The van der Waals surface area contributed by atoms with E-state index in [9.17, 15) is 0 Å². The maximum Gasteiger partial charge on any atom is -0.00229 e. The van der Waals surface area contributed by atoms with Crippen LogP contribution in [0, 0.1) is 22.7 Å². The van der Waals surface area contributed by atoms with Crippen molar-refractivity contribution in [1.82, 2.24) is 0 Å². The Morgan fingerprint density at radius 1 is 1.08 bits per heavy atom. The highest BCUT2D eigenvalue weighted by Crippen LogP contribution is 2.80. The molecular weight excluding hydrogens is 144 g/mol. The van der Waals surface area contributed by atoms with Crippen molar-refractivity contribution in [2.75, 3.05) is 0 Å². The summed E-state index contributed by atoms with van der Waals surface area (Å²) in [5.74, 6) is 1.70. The average molecular weight is 164 g/mol. The van der Waals surface area contributed by atoms with Crippen molar-refractivity contribution in [3.63, 3.8) is 0 Å². The van der Waals surface area contributed by atoms with Gasteiger partial charge in [-0.3, -0.25) is 0 Å². The van der Waals surface area contributed by atoms with E-state index in [1.165, 1.54) is 0 Å². The van der Waals surface area contributed by atoms with Gasteiger partial charge in [0.15, 0.2) is 0 Å². The van der Waals surface area contributed by atoms with Crippen molar-refractivity contribution < 1.29 is 0 Å². The Balaban J connectivity index is 2.52. The molecule has 0 aromatic rings. The van der Waals surface area contributed by atoms with Gasteiger partial charge in [-0.05, 0) is 36.5 Å². The molecule has 2 aliphatic rings. The van der Waals surface area contributed by atoms with Gasteiger partial charge in [0.25, 0.3) is 0 Å². The Morgan fingerprint density at radius 2 is 1.58 bits per heavy atom. The Bertz CT molecular complexity index is 274. The van der Waals surface area contributed by atoms with Crippen molar-refractivity contribution in [3.05, 3.63) is 11.1 Å². The normalized spacial score (nSPS) is 57.5. The molecule has 0 nitrogen and oxygen atoms in total. The number of allylic oxidation sites excluding steroid dienone is 2. The first-order valence-corrected chi connectivity index (χ1v) is 5.06. The fraction of sp³-hybridized carbons (Fsp3) is 0.833. The molecule has 0 radical (unpaired) electrons. The van der Waals surface area contributed by atoms with Gasteiger partial charge in [-0.25, -0.2) is 0 Å². The summed E-state index contributed by atoms with van der Waals surface area (Å²) in [5.41, 5.74) is 4.44. The van der Waals surface area contributed by atoms with Crippen LogP contribution >= 0.6 is 0 Å². The average Bonchev–Trinajstić information content (AvgIpc) is 2.45. The lowest BCUT2D eigenvalue weighted by molar-refractivity contribution is 0.364. The minimum Gasteiger partial charge on any atom is -0.0704 e. The molecule has 2 aliphatic carbocycles. The van der Waals surface area contributed by atoms with E-state index in [0.29, 0.717) is 10.8 Å². The molecule has 0 aromatic carbocycles. The standard InChI is InChI=1S/C12H20/c1-7-8(2)11(5)10(4)12(11,6)9(7)3/h8,10H,1-6H3/t8-,10-,11-,12-/m0/s1. The van der Waals surface area contributed by atoms with Gasteiger partial charge in [-0.1, -0.05) is 38.8 Å². The highest BCUT2D eigenvalue weighted by atomic mass is 14.8. The number of fused-ring (bicyclic) bond motifs is 1. The van der Waals surface area contributed by atoms with E-state index in [0.717, 1.165) is 11.8 Å². The van der Waals surface area contributed by atoms with Crippen molar-refractivity contribution in [2.45, 2.75) is 41.5 Å². The van der Waals surface area contributed by atoms with Gasteiger partial charge in [0, 0.05) is 0 Å². The van der Waals surface area contributed by atoms with Crippen molar-refractivity contribution in [2.24, 2.45) is 22.7 Å². The topological polar surface area (TPSA) is 0 Å². The minimum atomic E-state index is 0.538. The molecule has 0 bridgehead atoms. The van der Waals surface area contributed by atoms with E-state index in [1.54, 1.807) is 11.1 Å². The summed E-state index contributed by atoms with van der Waals surface area (Å²) in [6.45, 7) is 14.4. The lowest BCUT2D eigenvalue weighted by atomic mass is 9.87. The van der Waals surface area contributed by atoms with Crippen LogP contribution in [0.1, 0.15) is 41.5 Å². The van der Waals surface area contributed by atoms with Crippen LogP contribution in [0.5, 0.6) is 0 Å². The lowest BCUT2D eigenvalue weighted by Crippen LogP contribution is -2.10. The van der Waals surface area contributed by atoms with Crippen LogP contribution in [0.25, 0.3) is 0 Å². The fourth-order valence-electron chi connectivity index (χ4n) is 3.83. The molecule has 4 atom stereocenters. The van der Waals surface area contributed by atoms with E-state index < -0.39 is 0 Å². The monoisotopic (exact) mass is 164 g/mol. The largest absolute Gasteiger partial charge is 0.0704 e. The number of hydrogen-bond donors (Lipinski definition) is 0. The molecule has 0 heteroatoms. The van der Waals surface area contributed by atoms with Crippen LogP contribution in [-0.4, -0.2) is 0 Å². The molecule has 0 unspecified atom stereocenters. The fourth-order valence-corrected chi connectivity index (χ4v) is 3.83. The first-order chi connectivity index (χ1) is 5.38. The summed E-state index contributed by atoms with van der Waals surface area (Å²) in [7, 11) is 0. The predicted octanol–water partition coefficient (Wildman–Crippen LogP) is 3.63. The molecule has 0 aromatic heterocycles. The predicted molar refractivity (Wildman–Crippen MR) is 52.9 cm³/mol. The van der Waals surface area contributed by atoms with E-state index in [2.05, 4.69) is 41.5 Å². The van der Waals surface area contributed by atoms with Crippen LogP contribution < -0.4 is 0 Å². The van der Waals surface area contributed by atoms with Gasteiger partial charge in [0.05, 0.1) is 0 Å². The molecule has 68 valence electrons. The van der Waals surface area contributed by atoms with Gasteiger partial charge < -0.3 is 0 Å². The third kappa shape index (κ3) is 0.496. The zero-order chi connectivity index (χ0) is 9.31. The van der Waals surface area contributed by atoms with E-state index in [1.807, 2.05) is 0 Å². The second kappa shape index (κ2) is 1.81.